The molecule has 3 aromatic rings. The van der Waals surface area contributed by atoms with E-state index in [0.29, 0.717) is 0 Å². The smallest absolute Gasteiger partial charge is 0.141 e. The van der Waals surface area contributed by atoms with E-state index in [4.69, 9.17) is 23.2 Å². The molecule has 5 rings (SSSR count). The third-order valence-corrected chi connectivity index (χ3v) is 8.87. The molecule has 2 saturated heterocycles. The summed E-state index contributed by atoms with van der Waals surface area (Å²) in [7, 11) is 0. The van der Waals surface area contributed by atoms with Crippen LogP contribution in [0.2, 0.25) is 10.0 Å². The maximum absolute atomic E-state index is 6.47. The van der Waals surface area contributed by atoms with E-state index < -0.39 is 0 Å². The van der Waals surface area contributed by atoms with Gasteiger partial charge in [-0.25, -0.2) is 0 Å². The Kier molecular flexibility index (Phi) is 12.3. The van der Waals surface area contributed by atoms with E-state index in [1.54, 1.807) is 0 Å². The third-order valence-electron chi connectivity index (χ3n) is 8.14. The number of likely N-dealkylation sites (tertiary alicyclic amines) is 2. The number of benzene rings is 3. The summed E-state index contributed by atoms with van der Waals surface area (Å²) in [4.78, 5) is 0. The minimum atomic E-state index is 0. The third kappa shape index (κ3) is 8.44. The molecule has 0 N–H and O–H groups in total. The predicted molar refractivity (Wildman–Crippen MR) is 159 cm³/mol. The lowest BCUT2D eigenvalue weighted by Gasteiger charge is -2.32. The minimum absolute atomic E-state index is 0. The number of hydrogen-bond donors (Lipinski definition) is 0. The molecular weight excluding hydrogens is 578 g/mol. The van der Waals surface area contributed by atoms with E-state index in [2.05, 4.69) is 72.2 Å². The first-order valence-electron chi connectivity index (χ1n) is 13.8. The first-order valence-corrected chi connectivity index (χ1v) is 14.6. The molecule has 2 aliphatic rings. The monoisotopic (exact) mass is 612 g/mol. The van der Waals surface area contributed by atoms with Gasteiger partial charge in [-0.05, 0) is 48.2 Å². The fraction of sp³-hybridized carbons (Fsp3) is 0.353. The van der Waals surface area contributed by atoms with Gasteiger partial charge in [0.25, 0.3) is 0 Å². The van der Waals surface area contributed by atoms with Gasteiger partial charge in [0.1, 0.15) is 26.2 Å². The van der Waals surface area contributed by atoms with Crippen molar-refractivity contribution in [2.45, 2.75) is 38.8 Å². The van der Waals surface area contributed by atoms with E-state index in [0.717, 1.165) is 56.3 Å². The topological polar surface area (TPSA) is 0 Å². The van der Waals surface area contributed by atoms with Crippen molar-refractivity contribution in [1.29, 1.82) is 0 Å². The maximum atomic E-state index is 6.47. The largest absolute Gasteiger partial charge is 1.00 e. The summed E-state index contributed by atoms with van der Waals surface area (Å²) in [5.41, 5.74) is 4.55. The summed E-state index contributed by atoms with van der Waals surface area (Å²) in [6.07, 6.45) is 5.05. The molecule has 210 valence electrons. The first-order chi connectivity index (χ1) is 18.5. The summed E-state index contributed by atoms with van der Waals surface area (Å²) in [5.74, 6) is 13.8. The van der Waals surface area contributed by atoms with Crippen molar-refractivity contribution in [3.8, 4) is 23.7 Å². The van der Waals surface area contributed by atoms with Crippen LogP contribution in [0.3, 0.4) is 0 Å². The zero-order chi connectivity index (χ0) is 26.3. The van der Waals surface area contributed by atoms with Crippen LogP contribution < -0.4 is 24.8 Å². The van der Waals surface area contributed by atoms with Crippen LogP contribution in [0.5, 0.6) is 0 Å². The normalized spacial score (nSPS) is 16.4. The number of nitrogens with zero attached hydrogens (tertiary/aromatic N) is 2. The van der Waals surface area contributed by atoms with Gasteiger partial charge in [-0.2, -0.15) is 0 Å². The molecule has 0 atom stereocenters. The van der Waals surface area contributed by atoms with E-state index in [1.165, 1.54) is 63.0 Å². The number of rotatable bonds is 6. The highest BCUT2D eigenvalue weighted by Gasteiger charge is 2.32. The Bertz CT molecular complexity index is 1260. The van der Waals surface area contributed by atoms with E-state index in [1.807, 2.05) is 24.3 Å². The molecule has 0 aromatic heterocycles. The fourth-order valence-electron chi connectivity index (χ4n) is 5.99. The highest BCUT2D eigenvalue weighted by atomic mass is 35.5. The molecule has 0 unspecified atom stereocenters. The van der Waals surface area contributed by atoms with Crippen LogP contribution in [0.15, 0.2) is 72.8 Å². The van der Waals surface area contributed by atoms with Crippen molar-refractivity contribution in [2.24, 2.45) is 0 Å². The molecule has 0 saturated carbocycles. The zero-order valence-corrected chi connectivity index (χ0v) is 25.8. The van der Waals surface area contributed by atoms with Gasteiger partial charge < -0.3 is 33.8 Å². The van der Waals surface area contributed by atoms with E-state index in [9.17, 15) is 0 Å². The van der Waals surface area contributed by atoms with Gasteiger partial charge in [-0.3, -0.25) is 0 Å². The van der Waals surface area contributed by atoms with Crippen LogP contribution >= 0.6 is 23.2 Å². The Hall–Kier alpha value is -2.14. The van der Waals surface area contributed by atoms with Crippen LogP contribution in [0.1, 0.15) is 47.9 Å². The average Bonchev–Trinajstić information content (AvgIpc) is 3.58. The molecule has 40 heavy (non-hydrogen) atoms. The van der Waals surface area contributed by atoms with Crippen LogP contribution in [0.25, 0.3) is 0 Å². The van der Waals surface area contributed by atoms with Crippen molar-refractivity contribution in [1.82, 2.24) is 0 Å². The van der Waals surface area contributed by atoms with Crippen molar-refractivity contribution in [3.63, 3.8) is 0 Å². The summed E-state index contributed by atoms with van der Waals surface area (Å²) >= 11 is 12.9. The SMILES string of the molecule is Clc1ccccc1C[N+]1(CC#Cc2ccc(C#CC[N+]3(Cc4ccccc4Cl)CCCC3)cc2)CCCC1.[Cl-].[Cl-]. The molecule has 0 radical (unpaired) electrons. The van der Waals surface area contributed by atoms with Gasteiger partial charge in [0, 0.05) is 58.0 Å². The molecule has 2 fully saturated rings. The van der Waals surface area contributed by atoms with Crippen molar-refractivity contribution >= 4 is 23.2 Å². The Morgan fingerprint density at radius 1 is 0.525 bits per heavy atom. The second-order valence-electron chi connectivity index (χ2n) is 11.0. The van der Waals surface area contributed by atoms with Crippen LogP contribution in [0, 0.1) is 23.7 Å². The lowest BCUT2D eigenvalue weighted by molar-refractivity contribution is -0.923. The summed E-state index contributed by atoms with van der Waals surface area (Å²) < 4.78 is 2.02. The van der Waals surface area contributed by atoms with Crippen molar-refractivity contribution in [3.05, 3.63) is 105 Å². The van der Waals surface area contributed by atoms with Crippen LogP contribution in [-0.4, -0.2) is 48.2 Å². The summed E-state index contributed by atoms with van der Waals surface area (Å²) in [6.45, 7) is 8.32. The lowest BCUT2D eigenvalue weighted by atomic mass is 10.1. The predicted octanol–water partition coefficient (Wildman–Crippen LogP) is 1.33. The molecule has 0 aliphatic carbocycles. The summed E-state index contributed by atoms with van der Waals surface area (Å²) in [6, 6.07) is 24.8. The van der Waals surface area contributed by atoms with Gasteiger partial charge in [0.05, 0.1) is 26.2 Å². The molecule has 0 amide bonds. The van der Waals surface area contributed by atoms with Crippen molar-refractivity contribution < 1.29 is 33.8 Å². The summed E-state index contributed by atoms with van der Waals surface area (Å²) in [5, 5.41) is 1.73. The maximum Gasteiger partial charge on any atom is 0.141 e. The molecule has 0 bridgehead atoms. The first kappa shape index (κ1) is 32.4. The highest BCUT2D eigenvalue weighted by Crippen LogP contribution is 2.27. The molecule has 3 aromatic carbocycles. The van der Waals surface area contributed by atoms with Gasteiger partial charge in [-0.15, -0.1) is 0 Å². The lowest BCUT2D eigenvalue weighted by Crippen LogP contribution is -3.00. The zero-order valence-electron chi connectivity index (χ0n) is 22.8. The molecule has 2 nitrogen and oxygen atoms in total. The van der Waals surface area contributed by atoms with Crippen LogP contribution in [-0.2, 0) is 13.1 Å². The Morgan fingerprint density at radius 2 is 0.875 bits per heavy atom. The van der Waals surface area contributed by atoms with Crippen LogP contribution in [0.4, 0.5) is 0 Å². The van der Waals surface area contributed by atoms with Gasteiger partial charge >= 0.3 is 0 Å². The number of halogens is 4. The fourth-order valence-corrected chi connectivity index (χ4v) is 6.38. The van der Waals surface area contributed by atoms with Crippen molar-refractivity contribution in [2.75, 3.05) is 39.3 Å². The van der Waals surface area contributed by atoms with E-state index in [-0.39, 0.29) is 24.8 Å². The molecule has 2 aliphatic heterocycles. The Balaban J connectivity index is 0.00000220. The molecule has 6 heteroatoms. The second kappa shape index (κ2) is 15.2. The van der Waals surface area contributed by atoms with Gasteiger partial charge in [0.2, 0.25) is 0 Å². The Labute approximate surface area is 262 Å². The number of quaternary nitrogens is 2. The van der Waals surface area contributed by atoms with Gasteiger partial charge in [-0.1, -0.05) is 71.4 Å². The second-order valence-corrected chi connectivity index (χ2v) is 11.8. The quantitative estimate of drug-likeness (QED) is 0.291. The molecule has 2 heterocycles. The average molecular weight is 614 g/mol. The molecular formula is C34H36Cl4N2. The van der Waals surface area contributed by atoms with Gasteiger partial charge in [0.15, 0.2) is 0 Å². The van der Waals surface area contributed by atoms with E-state index >= 15 is 0 Å². The number of hydrogen-bond acceptors (Lipinski definition) is 0. The highest BCUT2D eigenvalue weighted by molar-refractivity contribution is 6.31. The molecule has 0 spiro atoms. The minimum Gasteiger partial charge on any atom is -1.00 e. The standard InChI is InChI=1S/C34H36Cl2N2.2ClH/c35-33-15-3-1-13-31(33)27-37(21-5-6-22-37)25-9-11-29-17-19-30(20-18-29)12-10-26-38(23-7-8-24-38)28-32-14-2-4-16-34(32)36;;/h1-4,13-20H,5-8,21-28H2;2*1H/q+2;;/p-2. The Morgan fingerprint density at radius 3 is 1.23 bits per heavy atom.